The summed E-state index contributed by atoms with van der Waals surface area (Å²) in [6.45, 7) is 4.03. The molecule has 2 amide bonds. The summed E-state index contributed by atoms with van der Waals surface area (Å²) < 4.78 is 27.1. The van der Waals surface area contributed by atoms with E-state index in [0.717, 1.165) is 10.5 Å². The normalized spacial score (nSPS) is 15.4. The second-order valence-electron chi connectivity index (χ2n) is 12.7. The lowest BCUT2D eigenvalue weighted by Gasteiger charge is -2.36. The molecule has 0 bridgehead atoms. The number of nitrogens with zero attached hydrogens (tertiary/aromatic N) is 7. The van der Waals surface area contributed by atoms with Crippen LogP contribution in [0, 0.1) is 6.92 Å². The Morgan fingerprint density at radius 1 is 0.825 bits per heavy atom. The van der Waals surface area contributed by atoms with Gasteiger partial charge in [-0.1, -0.05) is 52.7 Å². The first kappa shape index (κ1) is 37.6. The smallest absolute Gasteiger partial charge is 0.340 e. The van der Waals surface area contributed by atoms with E-state index in [1.807, 2.05) is 25.1 Å². The average Bonchev–Trinajstić information content (AvgIpc) is 3.48. The van der Waals surface area contributed by atoms with Gasteiger partial charge in [0.2, 0.25) is 0 Å². The van der Waals surface area contributed by atoms with Crippen LogP contribution in [0.15, 0.2) is 95.2 Å². The summed E-state index contributed by atoms with van der Waals surface area (Å²) in [4.78, 5) is 66.5. The maximum absolute atomic E-state index is 12.9. The molecule has 1 atom stereocenters. The topological polar surface area (TPSA) is 232 Å². The molecule has 284 valence electrons. The Hall–Kier alpha value is -7.71. The van der Waals surface area contributed by atoms with Crippen molar-refractivity contribution in [2.75, 3.05) is 26.4 Å². The second kappa shape index (κ2) is 15.6. The van der Waals surface area contributed by atoms with Gasteiger partial charge in [0.05, 0.1) is 25.3 Å². The van der Waals surface area contributed by atoms with E-state index in [0.29, 0.717) is 73.5 Å². The number of fused-ring (bicyclic) bond motifs is 6. The Morgan fingerprint density at radius 2 is 1.54 bits per heavy atom. The Kier molecular flexibility index (Phi) is 10.3. The molecule has 3 aliphatic rings. The van der Waals surface area contributed by atoms with E-state index in [1.165, 1.54) is 13.0 Å². The number of amides is 2. The summed E-state index contributed by atoms with van der Waals surface area (Å²) in [5.41, 5.74) is 20.9. The molecule has 5 aromatic carbocycles. The fraction of sp³-hybridized carbons (Fsp3) is 0.175. The molecule has 0 aliphatic carbocycles. The molecule has 0 N–H and O–H groups in total. The summed E-state index contributed by atoms with van der Waals surface area (Å²) in [5, 5.41) is 8.31. The molecule has 8 rings (SSSR count). The van der Waals surface area contributed by atoms with Crippen LogP contribution in [0.5, 0.6) is 17.2 Å². The highest BCUT2D eigenvalue weighted by atomic mass is 16.6. The molecule has 3 aliphatic heterocycles. The quantitative estimate of drug-likeness (QED) is 0.0252. The van der Waals surface area contributed by atoms with Crippen LogP contribution in [0.1, 0.15) is 60.3 Å². The highest BCUT2D eigenvalue weighted by Crippen LogP contribution is 2.57. The number of aryl methyl sites for hydroxylation is 1. The first-order valence-electron chi connectivity index (χ1n) is 17.3. The zero-order valence-electron chi connectivity index (χ0n) is 30.2. The number of hydrogen-bond donors (Lipinski definition) is 0. The monoisotopic (exact) mass is 767 g/mol. The van der Waals surface area contributed by atoms with Crippen LogP contribution in [0.2, 0.25) is 0 Å². The first-order valence-corrected chi connectivity index (χ1v) is 17.3. The third-order valence-electron chi connectivity index (χ3n) is 9.37. The fourth-order valence-corrected chi connectivity index (χ4v) is 7.02. The Balaban J connectivity index is 0.000000175. The van der Waals surface area contributed by atoms with Gasteiger partial charge in [-0.25, -0.2) is 4.79 Å². The van der Waals surface area contributed by atoms with E-state index in [4.69, 9.17) is 34.7 Å². The van der Waals surface area contributed by atoms with Crippen LogP contribution in [0.25, 0.3) is 31.7 Å². The number of benzene rings is 5. The van der Waals surface area contributed by atoms with Crippen molar-refractivity contribution in [1.29, 1.82) is 0 Å². The van der Waals surface area contributed by atoms with Gasteiger partial charge < -0.3 is 23.7 Å². The number of carbonyl (C=O) groups excluding carboxylic acids is 5. The molecule has 1 spiro atoms. The summed E-state index contributed by atoms with van der Waals surface area (Å²) >= 11 is 0. The zero-order chi connectivity index (χ0) is 40.3. The largest absolute Gasteiger partial charge is 0.463 e. The fourth-order valence-electron chi connectivity index (χ4n) is 7.02. The summed E-state index contributed by atoms with van der Waals surface area (Å²) in [6, 6.07) is 23.5. The van der Waals surface area contributed by atoms with Crippen molar-refractivity contribution in [2.24, 2.45) is 10.2 Å². The van der Waals surface area contributed by atoms with Gasteiger partial charge in [0.1, 0.15) is 23.9 Å². The molecule has 5 aromatic rings. The van der Waals surface area contributed by atoms with Gasteiger partial charge in [-0.15, -0.1) is 0 Å². The minimum absolute atomic E-state index is 0.0751. The molecule has 0 saturated heterocycles. The van der Waals surface area contributed by atoms with E-state index in [-0.39, 0.29) is 32.1 Å². The van der Waals surface area contributed by atoms with E-state index >= 15 is 0 Å². The molecule has 57 heavy (non-hydrogen) atoms. The predicted molar refractivity (Wildman–Crippen MR) is 201 cm³/mol. The maximum atomic E-state index is 12.9. The third-order valence-corrected chi connectivity index (χ3v) is 9.37. The van der Waals surface area contributed by atoms with Gasteiger partial charge in [0.25, 0.3) is 18.3 Å². The lowest BCUT2D eigenvalue weighted by molar-refractivity contribution is -0.142. The van der Waals surface area contributed by atoms with Crippen LogP contribution >= 0.6 is 0 Å². The minimum atomic E-state index is -1.24. The van der Waals surface area contributed by atoms with Crippen molar-refractivity contribution >= 4 is 52.4 Å². The number of esters is 2. The van der Waals surface area contributed by atoms with Gasteiger partial charge >= 0.3 is 11.9 Å². The summed E-state index contributed by atoms with van der Waals surface area (Å²) in [5.74, 6) is -0.599. The average molecular weight is 768 g/mol. The highest BCUT2D eigenvalue weighted by molar-refractivity contribution is 6.26. The molecule has 1 unspecified atom stereocenters. The van der Waals surface area contributed by atoms with Crippen molar-refractivity contribution in [1.82, 2.24) is 4.90 Å². The second-order valence-corrected chi connectivity index (χ2v) is 12.7. The lowest BCUT2D eigenvalue weighted by atomic mass is 9.77. The summed E-state index contributed by atoms with van der Waals surface area (Å²) in [7, 11) is 0. The maximum Gasteiger partial charge on any atom is 0.340 e. The SMILES string of the molecule is CC(=O)OCCOCCN1C(=O)c2cccc3c(N=[N+]=[N-])ccc(c23)C1=O.Cc1ccc2c(c1)Oc1cc(N=[N+]=[N-])ccc1C21OC(=O)c2cc(OC=O)ccc21. The third kappa shape index (κ3) is 6.81. The number of hydrogen-bond acceptors (Lipinski definition) is 12. The molecule has 17 nitrogen and oxygen atoms in total. The predicted octanol–water partition coefficient (Wildman–Crippen LogP) is 8.00. The van der Waals surface area contributed by atoms with Crippen LogP contribution in [-0.4, -0.2) is 61.5 Å². The number of ether oxygens (including phenoxy) is 5. The number of azide groups is 2. The Labute approximate surface area is 322 Å². The lowest BCUT2D eigenvalue weighted by Crippen LogP contribution is -2.42. The standard InChI is InChI=1S/C22H13N3O5.C18H16N4O5/c1-12-2-5-17-19(8-12)29-20-9-13(24-25-23)3-6-18(20)22(17)16-7-4-14(28-11-26)10-15(16)21(27)30-22;1-11(23)27-10-9-26-8-7-22-17(24)13-4-2-3-12-15(20-21-19)6-5-14(16(12)13)18(22)25/h2-11H,1H3;2-6H,7-10H2,1H3. The highest BCUT2D eigenvalue weighted by Gasteiger charge is 2.53. The Bertz CT molecular complexity index is 2610. The molecular formula is C40H29N7O10. The zero-order valence-corrected chi connectivity index (χ0v) is 30.2. The van der Waals surface area contributed by atoms with E-state index in [1.54, 1.807) is 60.7 Å². The summed E-state index contributed by atoms with van der Waals surface area (Å²) in [6.07, 6.45) is 0. The van der Waals surface area contributed by atoms with E-state index in [9.17, 15) is 24.0 Å². The van der Waals surface area contributed by atoms with Crippen molar-refractivity contribution in [3.05, 3.63) is 145 Å². The van der Waals surface area contributed by atoms with Gasteiger partial charge in [-0.3, -0.25) is 24.1 Å². The van der Waals surface area contributed by atoms with Crippen molar-refractivity contribution in [2.45, 2.75) is 19.4 Å². The van der Waals surface area contributed by atoms with Gasteiger partial charge in [0, 0.05) is 61.3 Å². The van der Waals surface area contributed by atoms with Crippen molar-refractivity contribution in [3.8, 4) is 17.2 Å². The molecule has 3 heterocycles. The van der Waals surface area contributed by atoms with Crippen molar-refractivity contribution in [3.63, 3.8) is 0 Å². The first-order chi connectivity index (χ1) is 27.6. The van der Waals surface area contributed by atoms with Crippen LogP contribution in [0.3, 0.4) is 0 Å². The van der Waals surface area contributed by atoms with Crippen molar-refractivity contribution < 1.29 is 47.7 Å². The van der Waals surface area contributed by atoms with Crippen LogP contribution in [-0.2, 0) is 29.4 Å². The number of carbonyl (C=O) groups is 5. The Morgan fingerprint density at radius 3 is 2.28 bits per heavy atom. The molecule has 0 fully saturated rings. The molecule has 0 radical (unpaired) electrons. The molecule has 17 heteroatoms. The molecule has 0 saturated carbocycles. The molecule has 0 aromatic heterocycles. The van der Waals surface area contributed by atoms with Gasteiger partial charge in [0.15, 0.2) is 5.60 Å². The van der Waals surface area contributed by atoms with Gasteiger partial charge in [-0.05, 0) is 71.4 Å². The van der Waals surface area contributed by atoms with E-state index < -0.39 is 29.4 Å². The number of imide groups is 1. The minimum Gasteiger partial charge on any atom is -0.463 e. The van der Waals surface area contributed by atoms with Crippen LogP contribution < -0.4 is 9.47 Å². The van der Waals surface area contributed by atoms with E-state index in [2.05, 4.69) is 20.1 Å². The van der Waals surface area contributed by atoms with Gasteiger partial charge in [-0.2, -0.15) is 0 Å². The number of rotatable bonds is 10. The van der Waals surface area contributed by atoms with Crippen LogP contribution in [0.4, 0.5) is 11.4 Å². The molecular weight excluding hydrogens is 738 g/mol.